The van der Waals surface area contributed by atoms with Gasteiger partial charge in [0.05, 0.1) is 29.2 Å². The molecule has 2 atom stereocenters. The van der Waals surface area contributed by atoms with Gasteiger partial charge in [-0.2, -0.15) is 4.31 Å². The molecule has 9 heteroatoms. The monoisotopic (exact) mass is 562 g/mol. The number of benzene rings is 3. The molecule has 0 radical (unpaired) electrons. The van der Waals surface area contributed by atoms with E-state index in [1.807, 2.05) is 50.2 Å². The van der Waals surface area contributed by atoms with Crippen molar-refractivity contribution in [2.75, 3.05) is 11.5 Å². The van der Waals surface area contributed by atoms with Gasteiger partial charge in [-0.05, 0) is 93.6 Å². The number of sulfonamides is 1. The molecular weight excluding hydrogens is 528 g/mol. The molecule has 4 rings (SSSR count). The van der Waals surface area contributed by atoms with E-state index in [0.29, 0.717) is 16.7 Å². The lowest BCUT2D eigenvalue weighted by Crippen LogP contribution is -2.47. The molecule has 1 aliphatic rings. The Morgan fingerprint density at radius 2 is 1.55 bits per heavy atom. The second-order valence-electron chi connectivity index (χ2n) is 10.1. The summed E-state index contributed by atoms with van der Waals surface area (Å²) in [6.07, 6.45) is -0.308. The summed E-state index contributed by atoms with van der Waals surface area (Å²) >= 11 is 0. The number of ether oxygens (including phenoxy) is 1. The Labute approximate surface area is 235 Å². The minimum absolute atomic E-state index is 0.158. The molecule has 1 heterocycles. The van der Waals surface area contributed by atoms with Crippen LogP contribution in [-0.4, -0.2) is 43.2 Å². The van der Waals surface area contributed by atoms with Gasteiger partial charge in [0.15, 0.2) is 0 Å². The first kappa shape index (κ1) is 29.2. The van der Waals surface area contributed by atoms with Crippen LogP contribution >= 0.6 is 0 Å². The van der Waals surface area contributed by atoms with Crippen molar-refractivity contribution in [2.24, 2.45) is 0 Å². The standard InChI is InChI=1S/C31H34N2O6S/c1-7-39-31(36)25-13-15-26(16-14-25)32-28(34)18-27(30(32)35)33(23(6)24-11-9-8-10-12-24)40(37,38)29-21(4)19(2)17-20(3)22(29)5/h8-17,23,27H,7,18H2,1-6H3. The lowest BCUT2D eigenvalue weighted by molar-refractivity contribution is -0.122. The Hall–Kier alpha value is -3.82. The zero-order chi connectivity index (χ0) is 29.4. The van der Waals surface area contributed by atoms with Crippen LogP contribution in [-0.2, 0) is 24.3 Å². The Bertz CT molecular complexity index is 1540. The molecule has 0 bridgehead atoms. The minimum Gasteiger partial charge on any atom is -0.462 e. The summed E-state index contributed by atoms with van der Waals surface area (Å²) < 4.78 is 35.3. The minimum atomic E-state index is -4.25. The average molecular weight is 563 g/mol. The van der Waals surface area contributed by atoms with Crippen molar-refractivity contribution in [1.82, 2.24) is 4.31 Å². The molecule has 0 N–H and O–H groups in total. The van der Waals surface area contributed by atoms with Gasteiger partial charge in [-0.3, -0.25) is 9.59 Å². The molecule has 2 unspecified atom stereocenters. The summed E-state index contributed by atoms with van der Waals surface area (Å²) in [5.41, 5.74) is 4.10. The normalized spacial score (nSPS) is 16.5. The predicted molar refractivity (Wildman–Crippen MR) is 153 cm³/mol. The zero-order valence-electron chi connectivity index (χ0n) is 23.6. The fourth-order valence-corrected chi connectivity index (χ4v) is 7.59. The maximum Gasteiger partial charge on any atom is 0.338 e. The smallest absolute Gasteiger partial charge is 0.338 e. The van der Waals surface area contributed by atoms with Crippen molar-refractivity contribution in [1.29, 1.82) is 0 Å². The van der Waals surface area contributed by atoms with E-state index in [0.717, 1.165) is 16.0 Å². The third-order valence-corrected chi connectivity index (χ3v) is 9.82. The van der Waals surface area contributed by atoms with Crippen LogP contribution < -0.4 is 4.90 Å². The highest BCUT2D eigenvalue weighted by Crippen LogP contribution is 2.38. The highest BCUT2D eigenvalue weighted by molar-refractivity contribution is 7.89. The molecule has 8 nitrogen and oxygen atoms in total. The quantitative estimate of drug-likeness (QED) is 0.277. The van der Waals surface area contributed by atoms with Gasteiger partial charge in [-0.15, -0.1) is 0 Å². The molecule has 0 spiro atoms. The number of esters is 1. The van der Waals surface area contributed by atoms with Gasteiger partial charge in [0.2, 0.25) is 15.9 Å². The molecule has 210 valence electrons. The number of anilines is 1. The molecule has 0 aliphatic carbocycles. The van der Waals surface area contributed by atoms with Gasteiger partial charge in [0.25, 0.3) is 5.91 Å². The van der Waals surface area contributed by atoms with E-state index >= 15 is 0 Å². The van der Waals surface area contributed by atoms with Crippen LogP contribution in [0.5, 0.6) is 0 Å². The molecule has 1 aliphatic heterocycles. The van der Waals surface area contributed by atoms with Crippen molar-refractivity contribution in [2.45, 2.75) is 64.9 Å². The Kier molecular flexibility index (Phi) is 8.28. The number of hydrogen-bond donors (Lipinski definition) is 0. The van der Waals surface area contributed by atoms with Gasteiger partial charge < -0.3 is 4.74 Å². The van der Waals surface area contributed by atoms with Crippen molar-refractivity contribution in [3.8, 4) is 0 Å². The van der Waals surface area contributed by atoms with Crippen molar-refractivity contribution < 1.29 is 27.5 Å². The molecule has 2 amide bonds. The fourth-order valence-electron chi connectivity index (χ4n) is 5.24. The topological polar surface area (TPSA) is 101 Å². The number of imide groups is 1. The molecule has 3 aromatic rings. The zero-order valence-corrected chi connectivity index (χ0v) is 24.4. The molecule has 1 saturated heterocycles. The fraction of sp³-hybridized carbons (Fsp3) is 0.323. The molecule has 3 aromatic carbocycles. The first-order chi connectivity index (χ1) is 18.9. The third kappa shape index (κ3) is 5.19. The predicted octanol–water partition coefficient (Wildman–Crippen LogP) is 5.18. The molecule has 40 heavy (non-hydrogen) atoms. The second-order valence-corrected chi connectivity index (χ2v) is 11.8. The van der Waals surface area contributed by atoms with E-state index in [9.17, 15) is 22.8 Å². The van der Waals surface area contributed by atoms with Crippen molar-refractivity contribution >= 4 is 33.5 Å². The van der Waals surface area contributed by atoms with Crippen molar-refractivity contribution in [3.05, 3.63) is 94.0 Å². The van der Waals surface area contributed by atoms with Gasteiger partial charge in [-0.25, -0.2) is 18.1 Å². The van der Waals surface area contributed by atoms with Crippen LogP contribution in [0.4, 0.5) is 5.69 Å². The maximum atomic E-state index is 14.5. The highest BCUT2D eigenvalue weighted by Gasteiger charge is 2.49. The number of carbonyl (C=O) groups excluding carboxylic acids is 3. The summed E-state index contributed by atoms with van der Waals surface area (Å²) in [4.78, 5) is 40.4. The van der Waals surface area contributed by atoms with Gasteiger partial charge >= 0.3 is 5.97 Å². The molecule has 0 saturated carbocycles. The van der Waals surface area contributed by atoms with Crippen LogP contribution in [0.25, 0.3) is 0 Å². The summed E-state index contributed by atoms with van der Waals surface area (Å²) in [6.45, 7) is 10.9. The van der Waals surface area contributed by atoms with Crippen LogP contribution in [0.3, 0.4) is 0 Å². The molecular formula is C31H34N2O6S. The summed E-state index contributed by atoms with van der Waals surface area (Å²) in [5.74, 6) is -1.67. The van der Waals surface area contributed by atoms with E-state index in [2.05, 4.69) is 0 Å². The van der Waals surface area contributed by atoms with Gasteiger partial charge in [0, 0.05) is 6.04 Å². The lowest BCUT2D eigenvalue weighted by Gasteiger charge is -2.34. The van der Waals surface area contributed by atoms with Crippen molar-refractivity contribution in [3.63, 3.8) is 0 Å². The first-order valence-electron chi connectivity index (χ1n) is 13.2. The lowest BCUT2D eigenvalue weighted by atomic mass is 10.0. The van der Waals surface area contributed by atoms with Crippen LogP contribution in [0, 0.1) is 27.7 Å². The number of aryl methyl sites for hydroxylation is 2. The van der Waals surface area contributed by atoms with E-state index in [1.54, 1.807) is 27.7 Å². The Balaban J connectivity index is 1.81. The van der Waals surface area contributed by atoms with Crippen LogP contribution in [0.15, 0.2) is 65.6 Å². The first-order valence-corrected chi connectivity index (χ1v) is 14.6. The third-order valence-electron chi connectivity index (χ3n) is 7.56. The Morgan fingerprint density at radius 3 is 2.10 bits per heavy atom. The summed E-state index contributed by atoms with van der Waals surface area (Å²) in [5, 5.41) is 0. The summed E-state index contributed by atoms with van der Waals surface area (Å²) in [6, 6.07) is 14.9. The van der Waals surface area contributed by atoms with Crippen LogP contribution in [0.2, 0.25) is 0 Å². The van der Waals surface area contributed by atoms with E-state index in [1.165, 1.54) is 28.6 Å². The summed E-state index contributed by atoms with van der Waals surface area (Å²) in [7, 11) is -4.25. The average Bonchev–Trinajstić information content (AvgIpc) is 3.21. The highest BCUT2D eigenvalue weighted by atomic mass is 32.2. The van der Waals surface area contributed by atoms with Gasteiger partial charge in [-0.1, -0.05) is 36.4 Å². The number of hydrogen-bond acceptors (Lipinski definition) is 6. The largest absolute Gasteiger partial charge is 0.462 e. The van der Waals surface area contributed by atoms with E-state index in [4.69, 9.17) is 4.74 Å². The van der Waals surface area contributed by atoms with E-state index in [-0.39, 0.29) is 29.2 Å². The number of carbonyl (C=O) groups is 3. The van der Waals surface area contributed by atoms with Crippen LogP contribution in [0.1, 0.15) is 64.5 Å². The van der Waals surface area contributed by atoms with E-state index < -0.39 is 39.9 Å². The second kappa shape index (κ2) is 11.3. The SMILES string of the molecule is CCOC(=O)c1ccc(N2C(=O)CC(N(C(C)c3ccccc3)S(=O)(=O)c3c(C)c(C)cc(C)c3C)C2=O)cc1. The maximum absolute atomic E-state index is 14.5. The number of amides is 2. The van der Waals surface area contributed by atoms with Gasteiger partial charge in [0.1, 0.15) is 6.04 Å². The Morgan fingerprint density at radius 1 is 0.975 bits per heavy atom. The number of nitrogens with zero attached hydrogens (tertiary/aromatic N) is 2. The number of rotatable bonds is 8. The molecule has 0 aromatic heterocycles. The molecule has 1 fully saturated rings.